The number of carboxylic acids is 1. The van der Waals surface area contributed by atoms with Gasteiger partial charge in [0.1, 0.15) is 23.3 Å². The summed E-state index contributed by atoms with van der Waals surface area (Å²) >= 11 is 0. The Balaban J connectivity index is 1.51. The molecule has 0 bridgehead atoms. The first-order chi connectivity index (χ1) is 16.8. The van der Waals surface area contributed by atoms with Crippen molar-refractivity contribution < 1.29 is 28.3 Å². The van der Waals surface area contributed by atoms with Crippen LogP contribution in [0.15, 0.2) is 77.3 Å². The second-order valence-corrected chi connectivity index (χ2v) is 8.01. The average Bonchev–Trinajstić information content (AvgIpc) is 3.19. The second-order valence-electron chi connectivity index (χ2n) is 8.01. The molecule has 0 aliphatic heterocycles. The molecule has 2 N–H and O–H groups in total. The molecule has 1 aromatic heterocycles. The molecule has 7 nitrogen and oxygen atoms in total. The molecular formula is C27H23FN2O5. The third-order valence-electron chi connectivity index (χ3n) is 5.48. The molecule has 4 rings (SSSR count). The van der Waals surface area contributed by atoms with Crippen molar-refractivity contribution in [2.45, 2.75) is 26.4 Å². The Hall–Kier alpha value is -4.46. The fourth-order valence-corrected chi connectivity index (χ4v) is 3.72. The Morgan fingerprint density at radius 2 is 1.74 bits per heavy atom. The van der Waals surface area contributed by atoms with Crippen LogP contribution >= 0.6 is 0 Å². The van der Waals surface area contributed by atoms with Gasteiger partial charge in [-0.05, 0) is 36.6 Å². The van der Waals surface area contributed by atoms with Gasteiger partial charge in [-0.1, -0.05) is 71.9 Å². The summed E-state index contributed by atoms with van der Waals surface area (Å²) in [6.45, 7) is 3.27. The molecular weight excluding hydrogens is 451 g/mol. The molecule has 0 aliphatic carbocycles. The van der Waals surface area contributed by atoms with E-state index >= 15 is 0 Å². The Morgan fingerprint density at radius 1 is 1.03 bits per heavy atom. The molecule has 1 atom stereocenters. The number of hydrogen-bond donors (Lipinski definition) is 2. The quantitative estimate of drug-likeness (QED) is 0.322. The summed E-state index contributed by atoms with van der Waals surface area (Å²) in [6, 6.07) is 20.8. The maximum Gasteiger partial charge on any atom is 0.412 e. The first-order valence-electron chi connectivity index (χ1n) is 10.9. The molecule has 4 aromatic rings. The summed E-state index contributed by atoms with van der Waals surface area (Å²) in [5.41, 5.74) is 4.24. The molecule has 0 spiro atoms. The van der Waals surface area contributed by atoms with E-state index < -0.39 is 24.0 Å². The van der Waals surface area contributed by atoms with E-state index in [1.54, 1.807) is 38.1 Å². The summed E-state index contributed by atoms with van der Waals surface area (Å²) in [5, 5.41) is 15.6. The first-order valence-corrected chi connectivity index (χ1v) is 10.9. The lowest BCUT2D eigenvalue weighted by molar-refractivity contribution is -0.136. The molecule has 35 heavy (non-hydrogen) atoms. The van der Waals surface area contributed by atoms with Crippen molar-refractivity contribution in [3.63, 3.8) is 0 Å². The van der Waals surface area contributed by atoms with Crippen LogP contribution in [-0.2, 0) is 16.0 Å². The Labute approximate surface area is 201 Å². The van der Waals surface area contributed by atoms with E-state index in [0.717, 1.165) is 11.1 Å². The highest BCUT2D eigenvalue weighted by Gasteiger charge is 2.21. The maximum absolute atomic E-state index is 14.0. The summed E-state index contributed by atoms with van der Waals surface area (Å²) in [7, 11) is 0. The molecule has 1 amide bonds. The highest BCUT2D eigenvalue weighted by Crippen LogP contribution is 2.33. The van der Waals surface area contributed by atoms with Crippen molar-refractivity contribution in [3.8, 4) is 22.5 Å². The van der Waals surface area contributed by atoms with Crippen LogP contribution in [0.2, 0.25) is 0 Å². The van der Waals surface area contributed by atoms with Gasteiger partial charge in [0.2, 0.25) is 0 Å². The minimum atomic E-state index is -0.889. The number of halogens is 1. The van der Waals surface area contributed by atoms with Gasteiger partial charge in [0, 0.05) is 11.1 Å². The lowest BCUT2D eigenvalue weighted by Crippen LogP contribution is -2.17. The number of ether oxygens (including phenoxy) is 1. The third kappa shape index (κ3) is 5.55. The van der Waals surface area contributed by atoms with Crippen LogP contribution < -0.4 is 5.32 Å². The van der Waals surface area contributed by atoms with Crippen molar-refractivity contribution in [2.75, 3.05) is 5.32 Å². The highest BCUT2D eigenvalue weighted by molar-refractivity contribution is 5.91. The van der Waals surface area contributed by atoms with Gasteiger partial charge in [-0.15, -0.1) is 0 Å². The normalized spacial score (nSPS) is 11.6. The van der Waals surface area contributed by atoms with Crippen molar-refractivity contribution >= 4 is 17.7 Å². The number of carbonyl (C=O) groups is 2. The number of hydrogen-bond acceptors (Lipinski definition) is 5. The number of benzene rings is 3. The van der Waals surface area contributed by atoms with Crippen LogP contribution in [0.1, 0.15) is 29.8 Å². The molecule has 8 heteroatoms. The lowest BCUT2D eigenvalue weighted by Gasteiger charge is -2.15. The van der Waals surface area contributed by atoms with E-state index in [0.29, 0.717) is 28.3 Å². The number of aromatic nitrogens is 1. The molecule has 178 valence electrons. The predicted molar refractivity (Wildman–Crippen MR) is 128 cm³/mol. The average molecular weight is 474 g/mol. The van der Waals surface area contributed by atoms with E-state index in [1.165, 1.54) is 6.07 Å². The van der Waals surface area contributed by atoms with E-state index in [4.69, 9.17) is 14.4 Å². The summed E-state index contributed by atoms with van der Waals surface area (Å²) in [6.07, 6.45) is -1.61. The van der Waals surface area contributed by atoms with Gasteiger partial charge in [-0.3, -0.25) is 10.1 Å². The summed E-state index contributed by atoms with van der Waals surface area (Å²) in [4.78, 5) is 23.5. The topological polar surface area (TPSA) is 102 Å². The molecule has 0 saturated carbocycles. The number of carboxylic acid groups (broad SMARTS) is 1. The molecule has 0 saturated heterocycles. The number of carbonyl (C=O) groups excluding carboxylic acids is 1. The van der Waals surface area contributed by atoms with Crippen LogP contribution in [0, 0.1) is 12.7 Å². The van der Waals surface area contributed by atoms with Crippen LogP contribution in [0.4, 0.5) is 14.9 Å². The zero-order chi connectivity index (χ0) is 24.9. The lowest BCUT2D eigenvalue weighted by atomic mass is 10.00. The number of aryl methyl sites for hydroxylation is 1. The van der Waals surface area contributed by atoms with Gasteiger partial charge in [-0.25, -0.2) is 9.18 Å². The number of aliphatic carboxylic acids is 1. The van der Waals surface area contributed by atoms with Crippen LogP contribution in [0.25, 0.3) is 22.5 Å². The number of nitrogens with zero attached hydrogens (tertiary/aromatic N) is 1. The van der Waals surface area contributed by atoms with E-state index in [-0.39, 0.29) is 12.0 Å². The zero-order valence-electron chi connectivity index (χ0n) is 19.1. The Bertz CT molecular complexity index is 1360. The fourth-order valence-electron chi connectivity index (χ4n) is 3.72. The second kappa shape index (κ2) is 10.2. The smallest absolute Gasteiger partial charge is 0.412 e. The molecule has 1 heterocycles. The SMILES string of the molecule is Cc1noc(-c2ccc(-c3cccc(CC(=O)O)c3)cc2)c1NC(=O)O[C@H](C)c1ccccc1F. The molecule has 0 radical (unpaired) electrons. The van der Waals surface area contributed by atoms with Gasteiger partial charge in [0.15, 0.2) is 5.76 Å². The van der Waals surface area contributed by atoms with Gasteiger partial charge in [0.25, 0.3) is 0 Å². The van der Waals surface area contributed by atoms with E-state index in [9.17, 15) is 14.0 Å². The monoisotopic (exact) mass is 474 g/mol. The standard InChI is InChI=1S/C27H23FN2O5/c1-16-25(29-27(33)34-17(2)22-8-3-4-9-23(22)28)26(35-30-16)20-12-10-19(11-13-20)21-7-5-6-18(14-21)15-24(31)32/h3-14,17H,15H2,1-2H3,(H,29,33)(H,31,32)/t17-/m1/s1. The molecule has 0 unspecified atom stereocenters. The van der Waals surface area contributed by atoms with Gasteiger partial charge in [-0.2, -0.15) is 0 Å². The van der Waals surface area contributed by atoms with Crippen molar-refractivity contribution in [1.29, 1.82) is 0 Å². The minimum absolute atomic E-state index is 0.0517. The number of amides is 1. The van der Waals surface area contributed by atoms with Crippen LogP contribution in [0.5, 0.6) is 0 Å². The number of anilines is 1. The largest absolute Gasteiger partial charge is 0.481 e. The van der Waals surface area contributed by atoms with Gasteiger partial charge < -0.3 is 14.4 Å². The summed E-state index contributed by atoms with van der Waals surface area (Å²) < 4.78 is 24.8. The maximum atomic E-state index is 14.0. The van der Waals surface area contributed by atoms with Gasteiger partial charge >= 0.3 is 12.1 Å². The van der Waals surface area contributed by atoms with E-state index in [1.807, 2.05) is 42.5 Å². The van der Waals surface area contributed by atoms with Crippen molar-refractivity contribution in [3.05, 3.63) is 95.4 Å². The molecule has 0 aliphatic rings. The minimum Gasteiger partial charge on any atom is -0.481 e. The molecule has 3 aromatic carbocycles. The predicted octanol–water partition coefficient (Wildman–Crippen LogP) is 6.39. The zero-order valence-corrected chi connectivity index (χ0v) is 19.1. The van der Waals surface area contributed by atoms with Crippen molar-refractivity contribution in [1.82, 2.24) is 5.16 Å². The van der Waals surface area contributed by atoms with Gasteiger partial charge in [0.05, 0.1) is 6.42 Å². The van der Waals surface area contributed by atoms with E-state index in [2.05, 4.69) is 10.5 Å². The highest BCUT2D eigenvalue weighted by atomic mass is 19.1. The fraction of sp³-hybridized carbons (Fsp3) is 0.148. The Morgan fingerprint density at radius 3 is 2.46 bits per heavy atom. The first kappa shape index (κ1) is 23.7. The van der Waals surface area contributed by atoms with Crippen LogP contribution in [0.3, 0.4) is 0 Å². The number of nitrogens with one attached hydrogen (secondary N) is 1. The van der Waals surface area contributed by atoms with Crippen molar-refractivity contribution in [2.24, 2.45) is 0 Å². The number of rotatable bonds is 7. The summed E-state index contributed by atoms with van der Waals surface area (Å²) in [5.74, 6) is -0.993. The molecule has 0 fully saturated rings. The third-order valence-corrected chi connectivity index (χ3v) is 5.48. The van der Waals surface area contributed by atoms with Crippen LogP contribution in [-0.4, -0.2) is 22.3 Å². The Kier molecular flexibility index (Phi) is 6.91.